The molecule has 1 unspecified atom stereocenters. The molecule has 0 spiro atoms. The van der Waals surface area contributed by atoms with Crippen molar-refractivity contribution < 1.29 is 0 Å². The molecule has 2 rings (SSSR count). The fourth-order valence-electron chi connectivity index (χ4n) is 2.01. The van der Waals surface area contributed by atoms with Crippen molar-refractivity contribution in [3.05, 3.63) is 28.2 Å². The van der Waals surface area contributed by atoms with Crippen molar-refractivity contribution in [3.63, 3.8) is 0 Å². The smallest absolute Gasteiger partial charge is 0.101 e. The van der Waals surface area contributed by atoms with E-state index in [-0.39, 0.29) is 0 Å². The molecule has 1 aliphatic heterocycles. The lowest BCUT2D eigenvalue weighted by molar-refractivity contribution is 0.414. The van der Waals surface area contributed by atoms with E-state index in [1.54, 1.807) is 0 Å². The summed E-state index contributed by atoms with van der Waals surface area (Å²) in [5.41, 5.74) is 1.63. The maximum atomic E-state index is 9.02. The second kappa shape index (κ2) is 4.86. The third kappa shape index (κ3) is 2.55. The zero-order valence-electron chi connectivity index (χ0n) is 9.20. The van der Waals surface area contributed by atoms with Crippen LogP contribution in [0.2, 0.25) is 0 Å². The maximum Gasteiger partial charge on any atom is 0.101 e. The zero-order chi connectivity index (χ0) is 11.5. The Balaban J connectivity index is 2.14. The van der Waals surface area contributed by atoms with Crippen molar-refractivity contribution >= 4 is 21.6 Å². The summed E-state index contributed by atoms with van der Waals surface area (Å²) >= 11 is 3.43. The summed E-state index contributed by atoms with van der Waals surface area (Å²) in [5, 5.41) is 12.5. The summed E-state index contributed by atoms with van der Waals surface area (Å²) < 4.78 is 1.00. The number of likely N-dealkylation sites (N-methyl/N-ethyl adjacent to an activating group) is 1. The second-order valence-electron chi connectivity index (χ2n) is 4.19. The number of benzene rings is 1. The standard InChI is InChI=1S/C12H14BrN3/c1-16-5-4-11(8-16)15-12-6-10(13)3-2-9(12)7-14/h2-3,6,11,15H,4-5,8H2,1H3. The molecule has 4 heteroatoms. The average molecular weight is 280 g/mol. The number of rotatable bonds is 2. The van der Waals surface area contributed by atoms with E-state index in [1.165, 1.54) is 0 Å². The van der Waals surface area contributed by atoms with Gasteiger partial charge in [0, 0.05) is 17.1 Å². The van der Waals surface area contributed by atoms with Crippen LogP contribution in [-0.4, -0.2) is 31.1 Å². The Morgan fingerprint density at radius 1 is 1.56 bits per heavy atom. The number of hydrogen-bond donors (Lipinski definition) is 1. The van der Waals surface area contributed by atoms with Crippen LogP contribution in [0.3, 0.4) is 0 Å². The third-order valence-corrected chi connectivity index (χ3v) is 3.35. The van der Waals surface area contributed by atoms with E-state index < -0.39 is 0 Å². The minimum atomic E-state index is 0.450. The lowest BCUT2D eigenvalue weighted by Gasteiger charge is -2.15. The van der Waals surface area contributed by atoms with E-state index in [1.807, 2.05) is 18.2 Å². The number of nitrogens with zero attached hydrogens (tertiary/aromatic N) is 2. The first kappa shape index (κ1) is 11.4. The van der Waals surface area contributed by atoms with Gasteiger partial charge in [0.2, 0.25) is 0 Å². The van der Waals surface area contributed by atoms with Crippen molar-refractivity contribution in [2.75, 3.05) is 25.5 Å². The van der Waals surface area contributed by atoms with Crippen LogP contribution in [0, 0.1) is 11.3 Å². The summed E-state index contributed by atoms with van der Waals surface area (Å²) in [4.78, 5) is 2.29. The van der Waals surface area contributed by atoms with Gasteiger partial charge in [-0.1, -0.05) is 15.9 Å². The molecule has 84 valence electrons. The minimum absolute atomic E-state index is 0.450. The SMILES string of the molecule is CN1CCC(Nc2cc(Br)ccc2C#N)C1. The quantitative estimate of drug-likeness (QED) is 0.904. The predicted molar refractivity (Wildman–Crippen MR) is 68.4 cm³/mol. The van der Waals surface area contributed by atoms with Crippen LogP contribution in [0.4, 0.5) is 5.69 Å². The number of nitriles is 1. The van der Waals surface area contributed by atoms with E-state index in [4.69, 9.17) is 5.26 Å². The molecule has 0 amide bonds. The minimum Gasteiger partial charge on any atom is -0.380 e. The molecular weight excluding hydrogens is 266 g/mol. The highest BCUT2D eigenvalue weighted by atomic mass is 79.9. The molecule has 0 aromatic heterocycles. The van der Waals surface area contributed by atoms with Gasteiger partial charge in [0.15, 0.2) is 0 Å². The van der Waals surface area contributed by atoms with Gasteiger partial charge in [0.25, 0.3) is 0 Å². The molecule has 1 N–H and O–H groups in total. The topological polar surface area (TPSA) is 39.1 Å². The molecular formula is C12H14BrN3. The van der Waals surface area contributed by atoms with Gasteiger partial charge in [-0.2, -0.15) is 5.26 Å². The molecule has 16 heavy (non-hydrogen) atoms. The molecule has 1 atom stereocenters. The molecule has 0 saturated carbocycles. The largest absolute Gasteiger partial charge is 0.380 e. The van der Waals surface area contributed by atoms with Crippen molar-refractivity contribution in [2.24, 2.45) is 0 Å². The van der Waals surface area contributed by atoms with E-state index in [2.05, 4.69) is 39.3 Å². The van der Waals surface area contributed by atoms with Crippen LogP contribution >= 0.6 is 15.9 Å². The molecule has 3 nitrogen and oxygen atoms in total. The summed E-state index contributed by atoms with van der Waals surface area (Å²) in [6.45, 7) is 2.16. The van der Waals surface area contributed by atoms with Gasteiger partial charge in [-0.15, -0.1) is 0 Å². The van der Waals surface area contributed by atoms with Crippen LogP contribution in [0.5, 0.6) is 0 Å². The summed E-state index contributed by atoms with van der Waals surface area (Å²) in [6, 6.07) is 8.36. The van der Waals surface area contributed by atoms with E-state index >= 15 is 0 Å². The average Bonchev–Trinajstić information content (AvgIpc) is 2.64. The normalized spacial score (nSPS) is 20.7. The fraction of sp³-hybridized carbons (Fsp3) is 0.417. The molecule has 0 aliphatic carbocycles. The zero-order valence-corrected chi connectivity index (χ0v) is 10.8. The molecule has 0 bridgehead atoms. The highest BCUT2D eigenvalue weighted by Crippen LogP contribution is 2.23. The molecule has 1 aromatic rings. The Labute approximate surface area is 104 Å². The van der Waals surface area contributed by atoms with Crippen molar-refractivity contribution in [3.8, 4) is 6.07 Å². The Bertz CT molecular complexity index is 425. The summed E-state index contributed by atoms with van der Waals surface area (Å²) in [7, 11) is 2.12. The van der Waals surface area contributed by atoms with Crippen molar-refractivity contribution in [1.29, 1.82) is 5.26 Å². The lowest BCUT2D eigenvalue weighted by atomic mass is 10.1. The molecule has 0 radical (unpaired) electrons. The highest BCUT2D eigenvalue weighted by Gasteiger charge is 2.19. The Hall–Kier alpha value is -1.05. The number of hydrogen-bond acceptors (Lipinski definition) is 3. The van der Waals surface area contributed by atoms with Crippen LogP contribution < -0.4 is 5.32 Å². The number of nitrogens with one attached hydrogen (secondary N) is 1. The Morgan fingerprint density at radius 3 is 3.00 bits per heavy atom. The summed E-state index contributed by atoms with van der Waals surface area (Å²) in [6.07, 6.45) is 1.13. The molecule has 1 aliphatic rings. The van der Waals surface area contributed by atoms with Gasteiger partial charge < -0.3 is 10.2 Å². The van der Waals surface area contributed by atoms with E-state index in [9.17, 15) is 0 Å². The van der Waals surface area contributed by atoms with Gasteiger partial charge in [-0.05, 0) is 38.2 Å². The first-order valence-corrected chi connectivity index (χ1v) is 6.13. The first-order chi connectivity index (χ1) is 7.69. The second-order valence-corrected chi connectivity index (χ2v) is 5.11. The predicted octanol–water partition coefficient (Wildman–Crippen LogP) is 2.44. The van der Waals surface area contributed by atoms with Gasteiger partial charge in [0.1, 0.15) is 6.07 Å². The molecule has 1 heterocycles. The van der Waals surface area contributed by atoms with Gasteiger partial charge in [0.05, 0.1) is 11.3 Å². The van der Waals surface area contributed by atoms with E-state index in [0.29, 0.717) is 11.6 Å². The van der Waals surface area contributed by atoms with Gasteiger partial charge >= 0.3 is 0 Å². The van der Waals surface area contributed by atoms with Crippen LogP contribution in [0.25, 0.3) is 0 Å². The highest BCUT2D eigenvalue weighted by molar-refractivity contribution is 9.10. The molecule has 1 aromatic carbocycles. The number of likely N-dealkylation sites (tertiary alicyclic amines) is 1. The van der Waals surface area contributed by atoms with Crippen LogP contribution in [0.1, 0.15) is 12.0 Å². The first-order valence-electron chi connectivity index (χ1n) is 5.34. The van der Waals surface area contributed by atoms with Crippen LogP contribution in [0.15, 0.2) is 22.7 Å². The summed E-state index contributed by atoms with van der Waals surface area (Å²) in [5.74, 6) is 0. The Morgan fingerprint density at radius 2 is 2.38 bits per heavy atom. The van der Waals surface area contributed by atoms with Crippen LogP contribution in [-0.2, 0) is 0 Å². The van der Waals surface area contributed by atoms with Crippen molar-refractivity contribution in [1.82, 2.24) is 4.90 Å². The monoisotopic (exact) mass is 279 g/mol. The fourth-order valence-corrected chi connectivity index (χ4v) is 2.37. The maximum absolute atomic E-state index is 9.02. The lowest BCUT2D eigenvalue weighted by Crippen LogP contribution is -2.23. The molecule has 1 fully saturated rings. The third-order valence-electron chi connectivity index (χ3n) is 2.85. The van der Waals surface area contributed by atoms with E-state index in [0.717, 1.165) is 29.7 Å². The number of halogens is 1. The Kier molecular flexibility index (Phi) is 3.47. The van der Waals surface area contributed by atoms with Gasteiger partial charge in [-0.25, -0.2) is 0 Å². The van der Waals surface area contributed by atoms with Gasteiger partial charge in [-0.3, -0.25) is 0 Å². The number of anilines is 1. The molecule has 1 saturated heterocycles. The van der Waals surface area contributed by atoms with Crippen molar-refractivity contribution in [2.45, 2.75) is 12.5 Å².